The summed E-state index contributed by atoms with van der Waals surface area (Å²) in [6.07, 6.45) is 5.68. The number of hydrogen-bond donors (Lipinski definition) is 0. The van der Waals surface area contributed by atoms with Crippen LogP contribution in [-0.4, -0.2) is 19.7 Å². The van der Waals surface area contributed by atoms with Gasteiger partial charge in [0.15, 0.2) is 0 Å². The molecule has 0 saturated heterocycles. The lowest BCUT2D eigenvalue weighted by atomic mass is 10.0. The van der Waals surface area contributed by atoms with Crippen molar-refractivity contribution in [2.45, 2.75) is 45.4 Å². The quantitative estimate of drug-likeness (QED) is 0.330. The minimum Gasteiger partial charge on any atom is -0.497 e. The van der Waals surface area contributed by atoms with Gasteiger partial charge in [-0.2, -0.15) is 5.26 Å². The maximum Gasteiger partial charge on any atom is 0.349 e. The third kappa shape index (κ3) is 4.13. The van der Waals surface area contributed by atoms with Gasteiger partial charge in [-0.05, 0) is 48.1 Å². The highest BCUT2D eigenvalue weighted by atomic mass is 16.5. The first kappa shape index (κ1) is 17.1. The summed E-state index contributed by atoms with van der Waals surface area (Å²) < 4.78 is 10.5. The molecule has 1 aliphatic carbocycles. The average molecular weight is 313 g/mol. The maximum atomic E-state index is 12.2. The van der Waals surface area contributed by atoms with Crippen molar-refractivity contribution in [3.05, 3.63) is 34.9 Å². The Hall–Kier alpha value is -2.28. The molecule has 0 bridgehead atoms. The van der Waals surface area contributed by atoms with E-state index in [1.807, 2.05) is 24.3 Å². The molecule has 0 aliphatic heterocycles. The molecule has 23 heavy (non-hydrogen) atoms. The van der Waals surface area contributed by atoms with Crippen LogP contribution < -0.4 is 4.74 Å². The minimum atomic E-state index is -0.498. The molecule has 0 amide bonds. The van der Waals surface area contributed by atoms with E-state index in [4.69, 9.17) is 9.47 Å². The highest BCUT2D eigenvalue weighted by Gasteiger charge is 2.24. The third-order valence-electron chi connectivity index (χ3n) is 4.13. The summed E-state index contributed by atoms with van der Waals surface area (Å²) in [5, 5.41) is 9.39. The molecular formula is C19H23NO3. The van der Waals surface area contributed by atoms with E-state index in [1.165, 1.54) is 0 Å². The number of methoxy groups -OCH3 is 1. The second kappa shape index (κ2) is 8.38. The smallest absolute Gasteiger partial charge is 0.349 e. The standard InChI is InChI=1S/C19H23NO3/c1-3-4-5-6-11-23-19(21)18(13-20)17-9-7-14-12-15(22-2)8-10-16(14)17/h8,10,12H,3-7,9,11H2,1-2H3/b18-17+. The van der Waals surface area contributed by atoms with Crippen molar-refractivity contribution in [1.29, 1.82) is 5.26 Å². The van der Waals surface area contributed by atoms with E-state index in [2.05, 4.69) is 6.92 Å². The fourth-order valence-electron chi connectivity index (χ4n) is 2.85. The van der Waals surface area contributed by atoms with E-state index >= 15 is 0 Å². The third-order valence-corrected chi connectivity index (χ3v) is 4.13. The van der Waals surface area contributed by atoms with Gasteiger partial charge in [-0.1, -0.05) is 32.3 Å². The van der Waals surface area contributed by atoms with Gasteiger partial charge in [0.25, 0.3) is 0 Å². The number of rotatable bonds is 7. The van der Waals surface area contributed by atoms with Gasteiger partial charge in [0, 0.05) is 0 Å². The molecule has 1 aliphatic rings. The maximum absolute atomic E-state index is 12.2. The van der Waals surface area contributed by atoms with E-state index in [0.29, 0.717) is 13.0 Å². The molecule has 122 valence electrons. The number of carbonyl (C=O) groups is 1. The monoisotopic (exact) mass is 313 g/mol. The van der Waals surface area contributed by atoms with Crippen LogP contribution in [0.5, 0.6) is 5.75 Å². The highest BCUT2D eigenvalue weighted by molar-refractivity contribution is 6.02. The van der Waals surface area contributed by atoms with Gasteiger partial charge in [-0.25, -0.2) is 4.79 Å². The Kier molecular flexibility index (Phi) is 6.22. The van der Waals surface area contributed by atoms with Crippen molar-refractivity contribution in [3.63, 3.8) is 0 Å². The van der Waals surface area contributed by atoms with E-state index in [9.17, 15) is 10.1 Å². The number of nitrogens with zero attached hydrogens (tertiary/aromatic N) is 1. The molecule has 0 heterocycles. The lowest BCUT2D eigenvalue weighted by molar-refractivity contribution is -0.138. The van der Waals surface area contributed by atoms with Gasteiger partial charge in [-0.3, -0.25) is 0 Å². The first-order valence-electron chi connectivity index (χ1n) is 8.19. The number of allylic oxidation sites excluding steroid dienone is 1. The van der Waals surface area contributed by atoms with Crippen LogP contribution in [0.15, 0.2) is 23.8 Å². The zero-order chi connectivity index (χ0) is 16.7. The topological polar surface area (TPSA) is 59.3 Å². The summed E-state index contributed by atoms with van der Waals surface area (Å²) >= 11 is 0. The summed E-state index contributed by atoms with van der Waals surface area (Å²) in [7, 11) is 1.63. The van der Waals surface area contributed by atoms with Crippen molar-refractivity contribution < 1.29 is 14.3 Å². The molecule has 1 aromatic carbocycles. The Labute approximate surface area is 137 Å². The van der Waals surface area contributed by atoms with Crippen LogP contribution in [0.25, 0.3) is 5.57 Å². The van der Waals surface area contributed by atoms with Gasteiger partial charge >= 0.3 is 5.97 Å². The number of benzene rings is 1. The number of ether oxygens (including phenoxy) is 2. The van der Waals surface area contributed by atoms with E-state index in [1.54, 1.807) is 7.11 Å². The zero-order valence-corrected chi connectivity index (χ0v) is 13.9. The Morgan fingerprint density at radius 1 is 1.26 bits per heavy atom. The summed E-state index contributed by atoms with van der Waals surface area (Å²) in [6, 6.07) is 7.78. The Bertz CT molecular complexity index is 641. The molecule has 0 saturated carbocycles. The van der Waals surface area contributed by atoms with Crippen LogP contribution in [0.2, 0.25) is 0 Å². The fraction of sp³-hybridized carbons (Fsp3) is 0.474. The molecule has 0 spiro atoms. The zero-order valence-electron chi connectivity index (χ0n) is 13.9. The van der Waals surface area contributed by atoms with Crippen molar-refractivity contribution in [1.82, 2.24) is 0 Å². The molecule has 1 aromatic rings. The summed E-state index contributed by atoms with van der Waals surface area (Å²) in [5.74, 6) is 0.296. The molecule has 4 heteroatoms. The number of nitriles is 1. The molecule has 4 nitrogen and oxygen atoms in total. The number of fused-ring (bicyclic) bond motifs is 1. The summed E-state index contributed by atoms with van der Waals surface area (Å²) in [5.41, 5.74) is 3.02. The van der Waals surface area contributed by atoms with Crippen molar-refractivity contribution >= 4 is 11.5 Å². The Morgan fingerprint density at radius 3 is 2.78 bits per heavy atom. The van der Waals surface area contributed by atoms with E-state index in [0.717, 1.165) is 54.6 Å². The van der Waals surface area contributed by atoms with Gasteiger partial charge in [-0.15, -0.1) is 0 Å². The predicted molar refractivity (Wildman–Crippen MR) is 88.9 cm³/mol. The largest absolute Gasteiger partial charge is 0.497 e. The highest BCUT2D eigenvalue weighted by Crippen LogP contribution is 2.36. The molecule has 0 atom stereocenters. The van der Waals surface area contributed by atoms with Crippen LogP contribution in [0.1, 0.15) is 50.2 Å². The van der Waals surface area contributed by atoms with Crippen LogP contribution >= 0.6 is 0 Å². The first-order valence-corrected chi connectivity index (χ1v) is 8.19. The average Bonchev–Trinajstić information content (AvgIpc) is 2.98. The predicted octanol–water partition coefficient (Wildman–Crippen LogP) is 4.04. The van der Waals surface area contributed by atoms with E-state index < -0.39 is 5.97 Å². The van der Waals surface area contributed by atoms with Crippen molar-refractivity contribution in [3.8, 4) is 11.8 Å². The van der Waals surface area contributed by atoms with Crippen molar-refractivity contribution in [2.75, 3.05) is 13.7 Å². The number of carbonyl (C=O) groups excluding carboxylic acids is 1. The Morgan fingerprint density at radius 2 is 2.09 bits per heavy atom. The van der Waals surface area contributed by atoms with Crippen LogP contribution in [0.3, 0.4) is 0 Å². The molecular weight excluding hydrogens is 290 g/mol. The second-order valence-corrected chi connectivity index (χ2v) is 5.69. The van der Waals surface area contributed by atoms with Crippen LogP contribution in [-0.2, 0) is 16.0 Å². The molecule has 0 aromatic heterocycles. The van der Waals surface area contributed by atoms with Gasteiger partial charge in [0.1, 0.15) is 17.4 Å². The Balaban J connectivity index is 2.10. The van der Waals surface area contributed by atoms with Gasteiger partial charge in [0.05, 0.1) is 13.7 Å². The van der Waals surface area contributed by atoms with Gasteiger partial charge in [0.2, 0.25) is 0 Å². The minimum absolute atomic E-state index is 0.143. The number of aryl methyl sites for hydroxylation is 1. The number of esters is 1. The molecule has 0 radical (unpaired) electrons. The molecule has 0 N–H and O–H groups in total. The van der Waals surface area contributed by atoms with Crippen LogP contribution in [0.4, 0.5) is 0 Å². The summed E-state index contributed by atoms with van der Waals surface area (Å²) in [6.45, 7) is 2.52. The number of hydrogen-bond acceptors (Lipinski definition) is 4. The second-order valence-electron chi connectivity index (χ2n) is 5.69. The summed E-state index contributed by atoms with van der Waals surface area (Å²) in [4.78, 5) is 12.2. The van der Waals surface area contributed by atoms with E-state index in [-0.39, 0.29) is 5.57 Å². The normalized spacial score (nSPS) is 14.8. The molecule has 0 unspecified atom stereocenters. The lowest BCUT2D eigenvalue weighted by Crippen LogP contribution is -2.09. The van der Waals surface area contributed by atoms with Crippen molar-refractivity contribution in [2.24, 2.45) is 0 Å². The molecule has 0 fully saturated rings. The van der Waals surface area contributed by atoms with Crippen LogP contribution in [0, 0.1) is 11.3 Å². The number of unbranched alkanes of at least 4 members (excludes halogenated alkanes) is 3. The fourth-order valence-corrected chi connectivity index (χ4v) is 2.85. The lowest BCUT2D eigenvalue weighted by Gasteiger charge is -2.08. The first-order chi connectivity index (χ1) is 11.2. The molecule has 2 rings (SSSR count). The van der Waals surface area contributed by atoms with Gasteiger partial charge < -0.3 is 9.47 Å². The SMILES string of the molecule is CCCCCCOC(=O)/C(C#N)=C1\CCc2cc(OC)ccc21.